The van der Waals surface area contributed by atoms with Gasteiger partial charge in [0.2, 0.25) is 0 Å². The van der Waals surface area contributed by atoms with Crippen LogP contribution >= 0.6 is 15.9 Å². The molecular formula is C9H9BrF2N2O. The highest BCUT2D eigenvalue weighted by Gasteiger charge is 2.13. The van der Waals surface area contributed by atoms with Crippen molar-refractivity contribution in [2.75, 3.05) is 19.4 Å². The molecule has 0 fully saturated rings. The van der Waals surface area contributed by atoms with Gasteiger partial charge in [-0.3, -0.25) is 0 Å². The largest absolute Gasteiger partial charge is 0.331 e. The van der Waals surface area contributed by atoms with E-state index in [9.17, 15) is 13.6 Å². The lowest BCUT2D eigenvalue weighted by Gasteiger charge is -2.13. The van der Waals surface area contributed by atoms with Gasteiger partial charge in [-0.05, 0) is 22.0 Å². The second-order valence-corrected chi connectivity index (χ2v) is 3.92. The van der Waals surface area contributed by atoms with Crippen LogP contribution in [0, 0.1) is 11.6 Å². The summed E-state index contributed by atoms with van der Waals surface area (Å²) in [6.45, 7) is 0. The Morgan fingerprint density at radius 2 is 2.00 bits per heavy atom. The van der Waals surface area contributed by atoms with E-state index < -0.39 is 17.7 Å². The predicted octanol–water partition coefficient (Wildman–Crippen LogP) is 2.82. The number of nitrogens with one attached hydrogen (secondary N) is 1. The van der Waals surface area contributed by atoms with Gasteiger partial charge in [0.25, 0.3) is 0 Å². The summed E-state index contributed by atoms with van der Waals surface area (Å²) in [5.41, 5.74) is -0.0740. The molecule has 1 rings (SSSR count). The molecule has 1 aromatic rings. The Hall–Kier alpha value is -1.17. The van der Waals surface area contributed by atoms with Crippen molar-refractivity contribution in [3.05, 3.63) is 28.2 Å². The molecule has 0 spiro atoms. The molecule has 82 valence electrons. The SMILES string of the molecule is CN(C)C(=O)Nc1c(F)cc(F)cc1Br. The summed E-state index contributed by atoms with van der Waals surface area (Å²) in [6.07, 6.45) is 0. The molecule has 0 bridgehead atoms. The normalized spacial score (nSPS) is 9.93. The van der Waals surface area contributed by atoms with Crippen molar-refractivity contribution >= 4 is 27.6 Å². The summed E-state index contributed by atoms with van der Waals surface area (Å²) in [7, 11) is 3.04. The zero-order valence-electron chi connectivity index (χ0n) is 8.14. The van der Waals surface area contributed by atoms with Crippen molar-refractivity contribution < 1.29 is 13.6 Å². The Kier molecular flexibility index (Phi) is 3.62. The monoisotopic (exact) mass is 278 g/mol. The average molecular weight is 279 g/mol. The predicted molar refractivity (Wildman–Crippen MR) is 56.8 cm³/mol. The molecule has 0 unspecified atom stereocenters. The minimum atomic E-state index is -0.822. The fourth-order valence-corrected chi connectivity index (χ4v) is 1.39. The van der Waals surface area contributed by atoms with Crippen LogP contribution in [0.5, 0.6) is 0 Å². The van der Waals surface area contributed by atoms with E-state index in [-0.39, 0.29) is 10.2 Å². The Balaban J connectivity index is 3.00. The molecule has 0 aliphatic heterocycles. The van der Waals surface area contributed by atoms with Crippen molar-refractivity contribution in [3.8, 4) is 0 Å². The molecule has 15 heavy (non-hydrogen) atoms. The van der Waals surface area contributed by atoms with E-state index in [1.807, 2.05) is 0 Å². The van der Waals surface area contributed by atoms with Gasteiger partial charge in [-0.1, -0.05) is 0 Å². The summed E-state index contributed by atoms with van der Waals surface area (Å²) < 4.78 is 26.1. The third-order valence-corrected chi connectivity index (χ3v) is 2.27. The third-order valence-electron chi connectivity index (χ3n) is 1.64. The zero-order valence-corrected chi connectivity index (χ0v) is 9.73. The number of carbonyl (C=O) groups is 1. The Bertz CT molecular complexity index is 373. The molecule has 3 nitrogen and oxygen atoms in total. The summed E-state index contributed by atoms with van der Waals surface area (Å²) in [5, 5.41) is 2.30. The molecule has 1 N–H and O–H groups in total. The molecule has 0 aliphatic carbocycles. The molecule has 0 atom stereocenters. The highest BCUT2D eigenvalue weighted by atomic mass is 79.9. The van der Waals surface area contributed by atoms with Crippen LogP contribution in [-0.2, 0) is 0 Å². The number of rotatable bonds is 1. The number of nitrogens with zero attached hydrogens (tertiary/aromatic N) is 1. The van der Waals surface area contributed by atoms with Crippen LogP contribution in [0.4, 0.5) is 19.3 Å². The number of benzene rings is 1. The van der Waals surface area contributed by atoms with Gasteiger partial charge in [0.1, 0.15) is 5.82 Å². The highest BCUT2D eigenvalue weighted by molar-refractivity contribution is 9.10. The first-order chi connectivity index (χ1) is 6.91. The molecule has 0 heterocycles. The van der Waals surface area contributed by atoms with E-state index in [0.717, 1.165) is 6.07 Å². The van der Waals surface area contributed by atoms with Crippen LogP contribution in [0.3, 0.4) is 0 Å². The minimum Gasteiger partial charge on any atom is -0.331 e. The van der Waals surface area contributed by atoms with E-state index in [0.29, 0.717) is 6.07 Å². The van der Waals surface area contributed by atoms with Gasteiger partial charge in [-0.25, -0.2) is 13.6 Å². The van der Waals surface area contributed by atoms with Gasteiger partial charge in [-0.2, -0.15) is 0 Å². The second kappa shape index (κ2) is 4.57. The quantitative estimate of drug-likeness (QED) is 0.842. The first-order valence-corrected chi connectivity index (χ1v) is 4.84. The van der Waals surface area contributed by atoms with Gasteiger partial charge in [0, 0.05) is 24.6 Å². The zero-order chi connectivity index (χ0) is 11.6. The molecule has 0 aliphatic rings. The Labute approximate surface area is 94.2 Å². The Morgan fingerprint density at radius 1 is 1.40 bits per heavy atom. The van der Waals surface area contributed by atoms with Crippen LogP contribution in [0.1, 0.15) is 0 Å². The fourth-order valence-electron chi connectivity index (χ4n) is 0.880. The highest BCUT2D eigenvalue weighted by Crippen LogP contribution is 2.26. The standard InChI is InChI=1S/C9H9BrF2N2O/c1-14(2)9(15)13-8-6(10)3-5(11)4-7(8)12/h3-4H,1-2H3,(H,13,15). The molecular weight excluding hydrogens is 270 g/mol. The van der Waals surface area contributed by atoms with E-state index in [1.54, 1.807) is 0 Å². The van der Waals surface area contributed by atoms with Gasteiger partial charge in [0.15, 0.2) is 5.82 Å². The maximum Gasteiger partial charge on any atom is 0.321 e. The molecule has 0 saturated carbocycles. The smallest absolute Gasteiger partial charge is 0.321 e. The summed E-state index contributed by atoms with van der Waals surface area (Å²) >= 11 is 2.96. The maximum atomic E-state index is 13.2. The lowest BCUT2D eigenvalue weighted by atomic mass is 10.3. The third kappa shape index (κ3) is 2.89. The van der Waals surface area contributed by atoms with E-state index in [2.05, 4.69) is 21.2 Å². The van der Waals surface area contributed by atoms with Gasteiger partial charge < -0.3 is 10.2 Å². The summed E-state index contributed by atoms with van der Waals surface area (Å²) in [4.78, 5) is 12.5. The molecule has 6 heteroatoms. The van der Waals surface area contributed by atoms with E-state index in [1.165, 1.54) is 19.0 Å². The number of anilines is 1. The lowest BCUT2D eigenvalue weighted by Crippen LogP contribution is -2.27. The molecule has 1 aromatic carbocycles. The molecule has 0 aromatic heterocycles. The summed E-state index contributed by atoms with van der Waals surface area (Å²) in [5.74, 6) is -1.53. The first-order valence-electron chi connectivity index (χ1n) is 4.04. The molecule has 0 radical (unpaired) electrons. The average Bonchev–Trinajstić information content (AvgIpc) is 2.10. The number of carbonyl (C=O) groups excluding carboxylic acids is 1. The van der Waals surface area contributed by atoms with Crippen LogP contribution in [0.25, 0.3) is 0 Å². The van der Waals surface area contributed by atoms with Crippen molar-refractivity contribution in [2.45, 2.75) is 0 Å². The van der Waals surface area contributed by atoms with Crippen molar-refractivity contribution in [1.82, 2.24) is 4.90 Å². The minimum absolute atomic E-state index is 0.0740. The van der Waals surface area contributed by atoms with Crippen molar-refractivity contribution in [2.24, 2.45) is 0 Å². The topological polar surface area (TPSA) is 32.3 Å². The van der Waals surface area contributed by atoms with Crippen LogP contribution in [-0.4, -0.2) is 25.0 Å². The molecule has 0 saturated heterocycles. The number of hydrogen-bond acceptors (Lipinski definition) is 1. The number of hydrogen-bond donors (Lipinski definition) is 1. The second-order valence-electron chi connectivity index (χ2n) is 3.07. The first kappa shape index (κ1) is 11.9. The maximum absolute atomic E-state index is 13.2. The van der Waals surface area contributed by atoms with Crippen LogP contribution < -0.4 is 5.32 Å². The number of halogens is 3. The van der Waals surface area contributed by atoms with Crippen LogP contribution in [0.2, 0.25) is 0 Å². The van der Waals surface area contributed by atoms with Crippen LogP contribution in [0.15, 0.2) is 16.6 Å². The Morgan fingerprint density at radius 3 is 2.47 bits per heavy atom. The van der Waals surface area contributed by atoms with E-state index >= 15 is 0 Å². The van der Waals surface area contributed by atoms with Gasteiger partial charge >= 0.3 is 6.03 Å². The van der Waals surface area contributed by atoms with Crippen molar-refractivity contribution in [1.29, 1.82) is 0 Å². The summed E-state index contributed by atoms with van der Waals surface area (Å²) in [6, 6.07) is 1.30. The molecule has 2 amide bonds. The van der Waals surface area contributed by atoms with Gasteiger partial charge in [0.05, 0.1) is 5.69 Å². The number of urea groups is 1. The van der Waals surface area contributed by atoms with Gasteiger partial charge in [-0.15, -0.1) is 0 Å². The van der Waals surface area contributed by atoms with E-state index in [4.69, 9.17) is 0 Å². The number of amides is 2. The lowest BCUT2D eigenvalue weighted by molar-refractivity contribution is 0.230. The van der Waals surface area contributed by atoms with Crippen molar-refractivity contribution in [3.63, 3.8) is 0 Å². The fraction of sp³-hybridized carbons (Fsp3) is 0.222.